The van der Waals surface area contributed by atoms with Crippen LogP contribution in [0, 0.1) is 6.92 Å². The zero-order chi connectivity index (χ0) is 22.1. The largest absolute Gasteiger partial charge is 0.469 e. The normalized spacial score (nSPS) is 15.0. The maximum Gasteiger partial charge on any atom is 0.233 e. The number of amides is 1. The van der Waals surface area contributed by atoms with Crippen molar-refractivity contribution in [3.05, 3.63) is 47.4 Å². The van der Waals surface area contributed by atoms with E-state index in [1.54, 1.807) is 17.6 Å². The summed E-state index contributed by atoms with van der Waals surface area (Å²) in [6, 6.07) is 10.2. The number of fused-ring (bicyclic) bond motifs is 1. The summed E-state index contributed by atoms with van der Waals surface area (Å²) in [5, 5.41) is 10.6. The van der Waals surface area contributed by atoms with Crippen molar-refractivity contribution in [2.45, 2.75) is 44.3 Å². The van der Waals surface area contributed by atoms with E-state index < -0.39 is 0 Å². The molecule has 4 aromatic rings. The smallest absolute Gasteiger partial charge is 0.233 e. The number of para-hydroxylation sites is 1. The Balaban J connectivity index is 1.19. The van der Waals surface area contributed by atoms with Gasteiger partial charge in [-0.05, 0) is 44.9 Å². The quantitative estimate of drug-likeness (QED) is 0.373. The Kier molecular flexibility index (Phi) is 6.01. The Labute approximate surface area is 194 Å². The first-order valence-electron chi connectivity index (χ1n) is 10.9. The number of furan rings is 1. The number of piperidine rings is 1. The molecule has 166 valence electrons. The summed E-state index contributed by atoms with van der Waals surface area (Å²) in [5.41, 5.74) is 2.02. The molecule has 0 radical (unpaired) electrons. The summed E-state index contributed by atoms with van der Waals surface area (Å²) < 4.78 is 8.69. The lowest BCUT2D eigenvalue weighted by molar-refractivity contribution is -0.129. The van der Waals surface area contributed by atoms with E-state index in [0.29, 0.717) is 11.7 Å². The molecule has 1 amide bonds. The molecule has 5 rings (SSSR count). The summed E-state index contributed by atoms with van der Waals surface area (Å²) in [6.07, 6.45) is 3.59. The molecule has 0 saturated carbocycles. The lowest BCUT2D eigenvalue weighted by atomic mass is 9.97. The standard InChI is InChI=1S/C23H25N5O2S2/c1-3-28-21(17-10-13-30-15(17)2)25-26-23(28)31-14-20(29)27-11-8-16(9-12-27)22-24-18-6-4-5-7-19(18)32-22/h4-7,10,13,16H,3,8-9,11-12,14H2,1-2H3. The first-order chi connectivity index (χ1) is 15.6. The van der Waals surface area contributed by atoms with Gasteiger partial charge in [-0.15, -0.1) is 21.5 Å². The van der Waals surface area contributed by atoms with Crippen LogP contribution in [-0.2, 0) is 11.3 Å². The number of aromatic nitrogens is 4. The van der Waals surface area contributed by atoms with Gasteiger partial charge in [0.25, 0.3) is 0 Å². The van der Waals surface area contributed by atoms with Gasteiger partial charge >= 0.3 is 0 Å². The maximum atomic E-state index is 12.9. The lowest BCUT2D eigenvalue weighted by Gasteiger charge is -2.31. The van der Waals surface area contributed by atoms with Crippen LogP contribution in [0.3, 0.4) is 0 Å². The molecule has 0 atom stereocenters. The molecule has 1 aromatic carbocycles. The second kappa shape index (κ2) is 9.07. The monoisotopic (exact) mass is 467 g/mol. The Bertz CT molecular complexity index is 1200. The third-order valence-electron chi connectivity index (χ3n) is 5.96. The van der Waals surface area contributed by atoms with Crippen molar-refractivity contribution < 1.29 is 9.21 Å². The molecule has 32 heavy (non-hydrogen) atoms. The molecule has 0 unspecified atom stereocenters. The van der Waals surface area contributed by atoms with Crippen molar-refractivity contribution in [1.29, 1.82) is 0 Å². The number of carbonyl (C=O) groups excluding carboxylic acids is 1. The number of hydrogen-bond donors (Lipinski definition) is 0. The van der Waals surface area contributed by atoms with E-state index >= 15 is 0 Å². The van der Waals surface area contributed by atoms with Crippen LogP contribution in [0.15, 0.2) is 46.2 Å². The number of thioether (sulfide) groups is 1. The summed E-state index contributed by atoms with van der Waals surface area (Å²) in [4.78, 5) is 19.7. The Morgan fingerprint density at radius 2 is 2.03 bits per heavy atom. The molecule has 0 N–H and O–H groups in total. The van der Waals surface area contributed by atoms with Crippen molar-refractivity contribution in [2.24, 2.45) is 0 Å². The predicted molar refractivity (Wildman–Crippen MR) is 127 cm³/mol. The fraction of sp³-hybridized carbons (Fsp3) is 0.391. The average molecular weight is 468 g/mol. The third kappa shape index (κ3) is 4.06. The van der Waals surface area contributed by atoms with Gasteiger partial charge in [0, 0.05) is 25.6 Å². The van der Waals surface area contributed by atoms with Gasteiger partial charge in [0.1, 0.15) is 5.76 Å². The molecule has 9 heteroatoms. The highest BCUT2D eigenvalue weighted by atomic mass is 32.2. The summed E-state index contributed by atoms with van der Waals surface area (Å²) in [6.45, 7) is 6.26. The number of likely N-dealkylation sites (tertiary alicyclic amines) is 1. The van der Waals surface area contributed by atoms with Crippen molar-refractivity contribution in [3.63, 3.8) is 0 Å². The number of carbonyl (C=O) groups is 1. The molecular weight excluding hydrogens is 442 g/mol. The Hall–Kier alpha value is -2.65. The molecule has 1 aliphatic heterocycles. The Morgan fingerprint density at radius 3 is 2.75 bits per heavy atom. The third-order valence-corrected chi connectivity index (χ3v) is 8.12. The van der Waals surface area contributed by atoms with E-state index in [1.165, 1.54) is 21.5 Å². The second-order valence-corrected chi connectivity index (χ2v) is 9.91. The zero-order valence-corrected chi connectivity index (χ0v) is 19.8. The Morgan fingerprint density at radius 1 is 1.22 bits per heavy atom. The summed E-state index contributed by atoms with van der Waals surface area (Å²) >= 11 is 3.24. The van der Waals surface area contributed by atoms with Gasteiger partial charge in [0.2, 0.25) is 5.91 Å². The highest BCUT2D eigenvalue weighted by Crippen LogP contribution is 2.34. The molecule has 3 aromatic heterocycles. The number of thiazole rings is 1. The molecule has 0 aliphatic carbocycles. The van der Waals surface area contributed by atoms with Crippen LogP contribution in [0.1, 0.15) is 36.5 Å². The number of nitrogens with zero attached hydrogens (tertiary/aromatic N) is 5. The fourth-order valence-electron chi connectivity index (χ4n) is 4.15. The minimum atomic E-state index is 0.157. The molecule has 1 fully saturated rings. The van der Waals surface area contributed by atoms with Gasteiger partial charge in [0.15, 0.2) is 11.0 Å². The van der Waals surface area contributed by atoms with Crippen molar-refractivity contribution in [2.75, 3.05) is 18.8 Å². The molecule has 0 bridgehead atoms. The average Bonchev–Trinajstić information content (AvgIpc) is 3.54. The van der Waals surface area contributed by atoms with Crippen LogP contribution >= 0.6 is 23.1 Å². The number of hydrogen-bond acceptors (Lipinski definition) is 7. The molecule has 1 saturated heterocycles. The van der Waals surface area contributed by atoms with Gasteiger partial charge in [0.05, 0.1) is 32.8 Å². The first-order valence-corrected chi connectivity index (χ1v) is 12.7. The van der Waals surface area contributed by atoms with Gasteiger partial charge in [-0.1, -0.05) is 23.9 Å². The molecule has 7 nitrogen and oxygen atoms in total. The van der Waals surface area contributed by atoms with Crippen molar-refractivity contribution in [3.8, 4) is 11.4 Å². The number of aryl methyl sites for hydroxylation is 1. The molecule has 0 spiro atoms. The van der Waals surface area contributed by atoms with E-state index in [9.17, 15) is 4.79 Å². The number of rotatable bonds is 6. The van der Waals surface area contributed by atoms with E-state index in [4.69, 9.17) is 9.40 Å². The summed E-state index contributed by atoms with van der Waals surface area (Å²) in [5.74, 6) is 2.56. The van der Waals surface area contributed by atoms with Gasteiger partial charge < -0.3 is 13.9 Å². The van der Waals surface area contributed by atoms with Crippen LogP contribution in [0.25, 0.3) is 21.6 Å². The second-order valence-electron chi connectivity index (χ2n) is 7.90. The lowest BCUT2D eigenvalue weighted by Crippen LogP contribution is -2.39. The van der Waals surface area contributed by atoms with Crippen molar-refractivity contribution in [1.82, 2.24) is 24.6 Å². The van der Waals surface area contributed by atoms with Crippen LogP contribution in [0.2, 0.25) is 0 Å². The van der Waals surface area contributed by atoms with Crippen LogP contribution in [0.4, 0.5) is 0 Å². The highest BCUT2D eigenvalue weighted by molar-refractivity contribution is 7.99. The maximum absolute atomic E-state index is 12.9. The van der Waals surface area contributed by atoms with Crippen LogP contribution in [0.5, 0.6) is 0 Å². The van der Waals surface area contributed by atoms with Gasteiger partial charge in [-0.3, -0.25) is 4.79 Å². The van der Waals surface area contributed by atoms with E-state index in [2.05, 4.69) is 35.3 Å². The van der Waals surface area contributed by atoms with Crippen LogP contribution < -0.4 is 0 Å². The predicted octanol–water partition coefficient (Wildman–Crippen LogP) is 4.97. The molecule has 4 heterocycles. The highest BCUT2D eigenvalue weighted by Gasteiger charge is 2.26. The van der Waals surface area contributed by atoms with E-state index in [0.717, 1.165) is 60.3 Å². The minimum Gasteiger partial charge on any atom is -0.469 e. The zero-order valence-electron chi connectivity index (χ0n) is 18.2. The van der Waals surface area contributed by atoms with Crippen LogP contribution in [-0.4, -0.2) is 49.4 Å². The molecular formula is C23H25N5O2S2. The topological polar surface area (TPSA) is 77.1 Å². The van der Waals surface area contributed by atoms with Gasteiger partial charge in [-0.2, -0.15) is 0 Å². The SMILES string of the molecule is CCn1c(SCC(=O)N2CCC(c3nc4ccccc4s3)CC2)nnc1-c1ccoc1C. The summed E-state index contributed by atoms with van der Waals surface area (Å²) in [7, 11) is 0. The van der Waals surface area contributed by atoms with Crippen molar-refractivity contribution >= 4 is 39.2 Å². The van der Waals surface area contributed by atoms with Gasteiger partial charge in [-0.25, -0.2) is 4.98 Å². The van der Waals surface area contributed by atoms with E-state index in [1.807, 2.05) is 28.5 Å². The molecule has 1 aliphatic rings. The van der Waals surface area contributed by atoms with E-state index in [-0.39, 0.29) is 5.91 Å². The number of benzene rings is 1. The fourth-order valence-corrected chi connectivity index (χ4v) is 6.20. The minimum absolute atomic E-state index is 0.157. The first kappa shape index (κ1) is 21.2.